The molecule has 26 atom stereocenters. The van der Waals surface area contributed by atoms with E-state index in [9.17, 15) is 9.59 Å². The lowest BCUT2D eigenvalue weighted by Gasteiger charge is -2.33. The standard InChI is InChI=1S/C21H22.C18H26.C17H20O3.C15H16O2.C14H18.C9H14.C9H12/c1-2-4-18(5-3-1)19-10-6-16(7-11-19)8-12-20-14-17-9-13-21(20)15-17;1(3-15-9-13-5-7-17(15)11-13)2-4-16-10-14-6-8-18(16)12-14;1-11(18)20-16-6-4-13(10-17(16)19-2)9-15-8-12-3-5-14(15)7-12;1-10(16)17-14-4-2-3-12(9-14)15-8-11-5-6-13(15)7-11;1-2-8-5-11-7-12(8)14-10-4-3-9(6-10)13(11)14;2*1-2-8-5-7-3-4-9(8)6-7/h1-7,9-11,13,17,20-21H,8,12,14-15H2;5-8,13-18H,1-4,9-12H2;3-6,10,12,14-15H,7-9H2,1-2H3;2-6,9,11,13,15H,7-8H2,1H3;2-4,9-14H,5-7H2,1H3;3-4,7-9H,2,5-6H2,1H3;2-4,7,9H,5-6H2,1H3/b;;;;8-2+;;8-2+. The van der Waals surface area contributed by atoms with Gasteiger partial charge in [-0.2, -0.15) is 0 Å². The van der Waals surface area contributed by atoms with E-state index in [-0.39, 0.29) is 11.9 Å². The zero-order valence-corrected chi connectivity index (χ0v) is 66.4. The van der Waals surface area contributed by atoms with E-state index in [2.05, 4.69) is 191 Å². The van der Waals surface area contributed by atoms with Crippen LogP contribution in [0, 0.1) is 148 Å². The Morgan fingerprint density at radius 2 is 0.917 bits per heavy atom. The number of unbranched alkanes of at least 4 members (excludes halogenated alkanes) is 1. The van der Waals surface area contributed by atoms with E-state index in [4.69, 9.17) is 14.2 Å². The number of rotatable bonds is 16. The molecular weight excluding hydrogens is 1320 g/mol. The summed E-state index contributed by atoms with van der Waals surface area (Å²) in [6.45, 7) is 9.55. The van der Waals surface area contributed by atoms with Crippen LogP contribution in [-0.2, 0) is 22.4 Å². The second-order valence-electron chi connectivity index (χ2n) is 37.2. The van der Waals surface area contributed by atoms with Crippen molar-refractivity contribution in [3.8, 4) is 28.4 Å². The summed E-state index contributed by atoms with van der Waals surface area (Å²) in [5.41, 5.74) is 10.1. The topological polar surface area (TPSA) is 61.8 Å². The van der Waals surface area contributed by atoms with Crippen LogP contribution in [0.3, 0.4) is 0 Å². The van der Waals surface area contributed by atoms with Crippen molar-refractivity contribution >= 4 is 11.9 Å². The quantitative estimate of drug-likeness (QED) is 0.0368. The first-order valence-corrected chi connectivity index (χ1v) is 43.9. The third kappa shape index (κ3) is 17.4. The summed E-state index contributed by atoms with van der Waals surface area (Å²) in [5.74, 6) is 25.2. The van der Waals surface area contributed by atoms with Crippen molar-refractivity contribution in [3.05, 3.63) is 234 Å². The van der Waals surface area contributed by atoms with Crippen LogP contribution in [0.4, 0.5) is 0 Å². The zero-order valence-electron chi connectivity index (χ0n) is 66.4. The van der Waals surface area contributed by atoms with E-state index < -0.39 is 0 Å². The van der Waals surface area contributed by atoms with Gasteiger partial charge in [0, 0.05) is 13.8 Å². The molecule has 5 nitrogen and oxygen atoms in total. The molecule has 18 bridgehead atoms. The van der Waals surface area contributed by atoms with E-state index in [1.165, 1.54) is 196 Å². The molecule has 4 aromatic rings. The van der Waals surface area contributed by atoms with Crippen molar-refractivity contribution in [2.75, 3.05) is 7.11 Å². The second-order valence-corrected chi connectivity index (χ2v) is 37.2. The Morgan fingerprint density at radius 3 is 1.40 bits per heavy atom. The number of hydrogen-bond donors (Lipinski definition) is 0. The fourth-order valence-corrected chi connectivity index (χ4v) is 25.5. The molecule has 0 radical (unpaired) electrons. The highest BCUT2D eigenvalue weighted by molar-refractivity contribution is 5.71. The third-order valence-electron chi connectivity index (χ3n) is 30.7. The van der Waals surface area contributed by atoms with Crippen molar-refractivity contribution in [1.29, 1.82) is 0 Å². The fourth-order valence-electron chi connectivity index (χ4n) is 25.5. The summed E-state index contributed by atoms with van der Waals surface area (Å²) in [6, 6.07) is 33.6. The van der Waals surface area contributed by atoms with E-state index >= 15 is 0 Å². The van der Waals surface area contributed by atoms with Crippen LogP contribution in [0.15, 0.2) is 218 Å². The average Bonchev–Trinajstić information content (AvgIpc) is 1.55. The highest BCUT2D eigenvalue weighted by Gasteiger charge is 2.59. The SMILES string of the molecule is C/C=C1\CC2C=CC1C2.C/C=C1\CC2CC1C1C3C=CC(C3)C21.C1=CC2CC1CC2CCCCC1CC2C=CC1C2.C1=CC2CC1CC2CCc1ccc(-c2ccccc2)cc1.CC(=O)Oc1cccc(C2CC3C=CC2C3)c1.CCC1CC2C=CC1C2.COc1cc(CC2CC3C=CC2C3)ccc1OC(C)=O. The molecule has 0 N–H and O–H groups in total. The molecular formula is C103H128O5. The first-order valence-electron chi connectivity index (χ1n) is 43.9. The Morgan fingerprint density at radius 1 is 0.398 bits per heavy atom. The van der Waals surface area contributed by atoms with Crippen molar-refractivity contribution in [2.24, 2.45) is 148 Å². The number of methoxy groups -OCH3 is 1. The Balaban J connectivity index is 0.0000000977. The Hall–Kier alpha value is -6.98. The summed E-state index contributed by atoms with van der Waals surface area (Å²) in [6.07, 6.45) is 78.9. The van der Waals surface area contributed by atoms with E-state index in [1.54, 1.807) is 18.3 Å². The van der Waals surface area contributed by atoms with Gasteiger partial charge in [-0.15, -0.1) is 0 Å². The van der Waals surface area contributed by atoms with Crippen LogP contribution >= 0.6 is 0 Å². The van der Waals surface area contributed by atoms with Crippen molar-refractivity contribution in [2.45, 2.75) is 201 Å². The molecule has 10 saturated carbocycles. The molecule has 26 unspecified atom stereocenters. The van der Waals surface area contributed by atoms with Crippen LogP contribution < -0.4 is 14.2 Å². The number of esters is 2. The van der Waals surface area contributed by atoms with Gasteiger partial charge in [0.2, 0.25) is 0 Å². The van der Waals surface area contributed by atoms with Gasteiger partial charge in [-0.1, -0.05) is 219 Å². The number of aryl methyl sites for hydroxylation is 1. The van der Waals surface area contributed by atoms with Crippen LogP contribution in [0.25, 0.3) is 11.1 Å². The van der Waals surface area contributed by atoms with Gasteiger partial charge in [0.15, 0.2) is 11.5 Å². The van der Waals surface area contributed by atoms with Crippen LogP contribution in [-0.4, -0.2) is 19.0 Å². The smallest absolute Gasteiger partial charge is 0.308 e. The first kappa shape index (κ1) is 75.1. The summed E-state index contributed by atoms with van der Waals surface area (Å²) in [7, 11) is 1.60. The highest BCUT2D eigenvalue weighted by atomic mass is 16.6. The van der Waals surface area contributed by atoms with Gasteiger partial charge in [0.05, 0.1) is 7.11 Å². The first-order chi connectivity index (χ1) is 52.8. The predicted octanol–water partition coefficient (Wildman–Crippen LogP) is 25.7. The summed E-state index contributed by atoms with van der Waals surface area (Å²) in [4.78, 5) is 22.0. The molecule has 0 aliphatic heterocycles. The Labute approximate surface area is 650 Å². The van der Waals surface area contributed by atoms with E-state index in [0.717, 1.165) is 148 Å². The monoisotopic (exact) mass is 1440 g/mol. The zero-order chi connectivity index (χ0) is 73.8. The molecule has 0 saturated heterocycles. The minimum atomic E-state index is -0.325. The molecule has 0 aromatic heterocycles. The molecule has 4 aromatic carbocycles. The molecule has 18 aliphatic rings. The van der Waals surface area contributed by atoms with Gasteiger partial charge < -0.3 is 14.2 Å². The minimum Gasteiger partial charge on any atom is -0.493 e. The third-order valence-corrected chi connectivity index (χ3v) is 30.7. The number of ether oxygens (including phenoxy) is 3. The lowest BCUT2D eigenvalue weighted by Crippen LogP contribution is -2.26. The van der Waals surface area contributed by atoms with Crippen molar-refractivity contribution in [3.63, 3.8) is 0 Å². The average molecular weight is 1450 g/mol. The fraction of sp³-hybridized carbons (Fsp3) is 0.553. The number of carbonyl (C=O) groups excluding carboxylic acids is 2. The maximum atomic E-state index is 11.0. The summed E-state index contributed by atoms with van der Waals surface area (Å²) < 4.78 is 15.6. The molecule has 22 rings (SSSR count). The van der Waals surface area contributed by atoms with Crippen LogP contribution in [0.1, 0.15) is 205 Å². The lowest BCUT2D eigenvalue weighted by atomic mass is 9.71. The number of benzene rings is 4. The van der Waals surface area contributed by atoms with Crippen LogP contribution in [0.2, 0.25) is 0 Å². The lowest BCUT2D eigenvalue weighted by molar-refractivity contribution is -0.132. The number of hydrogen-bond acceptors (Lipinski definition) is 5. The number of allylic oxidation sites excluding steroid dienone is 20. The Kier molecular flexibility index (Phi) is 23.9. The normalized spacial score (nSPS) is 37.9. The van der Waals surface area contributed by atoms with Crippen LogP contribution in [0.5, 0.6) is 17.2 Å². The summed E-state index contributed by atoms with van der Waals surface area (Å²) >= 11 is 0. The van der Waals surface area contributed by atoms with Gasteiger partial charge in [-0.3, -0.25) is 9.59 Å². The largest absolute Gasteiger partial charge is 0.493 e. The molecule has 570 valence electrons. The summed E-state index contributed by atoms with van der Waals surface area (Å²) in [5, 5.41) is 0. The molecule has 108 heavy (non-hydrogen) atoms. The number of fused-ring (bicyclic) bond motifs is 23. The second kappa shape index (κ2) is 34.3. The molecule has 5 heteroatoms. The van der Waals surface area contributed by atoms with Gasteiger partial charge >= 0.3 is 11.9 Å². The van der Waals surface area contributed by atoms with Crippen molar-refractivity contribution in [1.82, 2.24) is 0 Å². The van der Waals surface area contributed by atoms with Crippen molar-refractivity contribution < 1.29 is 23.8 Å². The molecule has 0 heterocycles. The van der Waals surface area contributed by atoms with Gasteiger partial charge in [0.1, 0.15) is 5.75 Å². The molecule has 10 fully saturated rings. The van der Waals surface area contributed by atoms with E-state index in [1.807, 2.05) is 36.4 Å². The molecule has 18 aliphatic carbocycles. The maximum absolute atomic E-state index is 11.0. The molecule has 0 spiro atoms. The highest BCUT2D eigenvalue weighted by Crippen LogP contribution is 2.67. The minimum absolute atomic E-state index is 0.255. The predicted molar refractivity (Wildman–Crippen MR) is 444 cm³/mol. The van der Waals surface area contributed by atoms with E-state index in [0.29, 0.717) is 29.1 Å². The maximum Gasteiger partial charge on any atom is 0.308 e. The number of carbonyl (C=O) groups is 2. The Bertz CT molecular complexity index is 4040. The van der Waals surface area contributed by atoms with Gasteiger partial charge in [0.25, 0.3) is 0 Å². The van der Waals surface area contributed by atoms with Gasteiger partial charge in [-0.25, -0.2) is 0 Å². The van der Waals surface area contributed by atoms with Gasteiger partial charge in [-0.05, 0) is 361 Å². The molecule has 0 amide bonds.